The molecule has 2 aromatic carbocycles. The van der Waals surface area contributed by atoms with Gasteiger partial charge in [0.05, 0.1) is 53.9 Å². The molecule has 0 radical (unpaired) electrons. The summed E-state index contributed by atoms with van der Waals surface area (Å²) in [5, 5.41) is 19.1. The summed E-state index contributed by atoms with van der Waals surface area (Å²) in [5.74, 6) is -2.95. The van der Waals surface area contributed by atoms with Crippen molar-refractivity contribution in [3.05, 3.63) is 58.5 Å². The van der Waals surface area contributed by atoms with Crippen LogP contribution in [-0.2, 0) is 20.7 Å². The van der Waals surface area contributed by atoms with Crippen LogP contribution >= 0.6 is 11.6 Å². The van der Waals surface area contributed by atoms with Crippen molar-refractivity contribution < 1.29 is 33.0 Å². The number of nitrogens with one attached hydrogen (secondary N) is 2. The number of halogens is 3. The standard InChI is InChI=1S/C28H29ClF2N4O5/c29-21-9-16(22(31)12-24(21)32-27(37)26-20-3-1-2-4-23(20)33-34-26)10-25(36)35-13-17(30)11-18(35)14-40-19-7-5-15(6-8-19)28(38)39/h1-4,9,12,15,17-19H,5-8,10-11,13-14H2,(H,32,37)(H,33,34)(H,38,39)/t15?,17-,18-,19?/m0/s1. The number of fused-ring (bicyclic) bond motifs is 1. The molecule has 40 heavy (non-hydrogen) atoms. The zero-order valence-corrected chi connectivity index (χ0v) is 22.3. The Morgan fingerprint density at radius 1 is 1.18 bits per heavy atom. The average molecular weight is 575 g/mol. The maximum absolute atomic E-state index is 15.0. The first-order valence-corrected chi connectivity index (χ1v) is 13.6. The molecule has 2 atom stereocenters. The van der Waals surface area contributed by atoms with Gasteiger partial charge in [-0.15, -0.1) is 0 Å². The molecule has 0 unspecified atom stereocenters. The van der Waals surface area contributed by atoms with E-state index >= 15 is 4.39 Å². The SMILES string of the molecule is O=C(Nc1cc(F)c(CC(=O)N2C[C@@H](F)C[C@H]2COC2CCC(C(=O)O)CC2)cc1Cl)c1n[nH]c2ccccc12. The number of nitrogens with zero attached hydrogens (tertiary/aromatic N) is 2. The van der Waals surface area contributed by atoms with Crippen LogP contribution < -0.4 is 5.32 Å². The van der Waals surface area contributed by atoms with E-state index in [1.54, 1.807) is 24.3 Å². The van der Waals surface area contributed by atoms with E-state index in [1.165, 1.54) is 11.0 Å². The summed E-state index contributed by atoms with van der Waals surface area (Å²) in [6, 6.07) is 8.89. The minimum Gasteiger partial charge on any atom is -0.481 e. The van der Waals surface area contributed by atoms with Crippen molar-refractivity contribution >= 4 is 46.0 Å². The lowest BCUT2D eigenvalue weighted by Crippen LogP contribution is -2.40. The summed E-state index contributed by atoms with van der Waals surface area (Å²) in [4.78, 5) is 38.4. The van der Waals surface area contributed by atoms with E-state index in [1.807, 2.05) is 0 Å². The lowest BCUT2D eigenvalue weighted by Gasteiger charge is -2.30. The lowest BCUT2D eigenvalue weighted by molar-refractivity contribution is -0.144. The fourth-order valence-corrected chi connectivity index (χ4v) is 5.68. The molecular formula is C28H29ClF2N4O5. The summed E-state index contributed by atoms with van der Waals surface area (Å²) < 4.78 is 35.3. The average Bonchev–Trinajstić information content (AvgIpc) is 3.54. The first-order chi connectivity index (χ1) is 19.2. The molecule has 212 valence electrons. The molecule has 2 fully saturated rings. The maximum atomic E-state index is 15.0. The number of rotatable bonds is 8. The number of carboxylic acids is 1. The number of carboxylic acid groups (broad SMARTS) is 1. The zero-order chi connectivity index (χ0) is 28.4. The second kappa shape index (κ2) is 11.9. The number of carbonyl (C=O) groups is 3. The van der Waals surface area contributed by atoms with Gasteiger partial charge in [-0.25, -0.2) is 8.78 Å². The van der Waals surface area contributed by atoms with Crippen molar-refractivity contribution in [2.75, 3.05) is 18.5 Å². The summed E-state index contributed by atoms with van der Waals surface area (Å²) in [6.45, 7) is 0.0182. The molecule has 1 aliphatic heterocycles. The van der Waals surface area contributed by atoms with Gasteiger partial charge in [-0.3, -0.25) is 19.5 Å². The zero-order valence-electron chi connectivity index (χ0n) is 21.5. The monoisotopic (exact) mass is 574 g/mol. The Morgan fingerprint density at radius 2 is 1.93 bits per heavy atom. The van der Waals surface area contributed by atoms with Crippen LogP contribution in [0.15, 0.2) is 36.4 Å². The van der Waals surface area contributed by atoms with Gasteiger partial charge in [-0.1, -0.05) is 29.8 Å². The van der Waals surface area contributed by atoms with Crippen LogP contribution in [0.5, 0.6) is 0 Å². The third-order valence-corrected chi connectivity index (χ3v) is 7.96. The predicted octanol–water partition coefficient (Wildman–Crippen LogP) is 4.75. The fourth-order valence-electron chi connectivity index (χ4n) is 5.45. The van der Waals surface area contributed by atoms with Gasteiger partial charge in [0, 0.05) is 11.8 Å². The van der Waals surface area contributed by atoms with Crippen molar-refractivity contribution in [1.82, 2.24) is 15.1 Å². The van der Waals surface area contributed by atoms with E-state index < -0.39 is 35.8 Å². The number of aromatic nitrogens is 2. The molecule has 1 saturated carbocycles. The number of aromatic amines is 1. The first-order valence-electron chi connectivity index (χ1n) is 13.2. The largest absolute Gasteiger partial charge is 0.481 e. The van der Waals surface area contributed by atoms with Crippen molar-refractivity contribution in [2.24, 2.45) is 5.92 Å². The Morgan fingerprint density at radius 3 is 2.67 bits per heavy atom. The van der Waals surface area contributed by atoms with Crippen LogP contribution in [0.2, 0.25) is 5.02 Å². The first kappa shape index (κ1) is 28.0. The van der Waals surface area contributed by atoms with Gasteiger partial charge in [0.2, 0.25) is 5.91 Å². The van der Waals surface area contributed by atoms with Crippen LogP contribution in [-0.4, -0.2) is 69.5 Å². The van der Waals surface area contributed by atoms with Crippen LogP contribution in [0.1, 0.15) is 48.2 Å². The van der Waals surface area contributed by atoms with Gasteiger partial charge >= 0.3 is 5.97 Å². The lowest BCUT2D eigenvalue weighted by atomic mass is 9.87. The molecular weight excluding hydrogens is 546 g/mol. The van der Waals surface area contributed by atoms with Crippen LogP contribution in [0.4, 0.5) is 14.5 Å². The molecule has 12 heteroatoms. The van der Waals surface area contributed by atoms with Crippen molar-refractivity contribution in [2.45, 2.75) is 56.8 Å². The number of alkyl halides is 1. The molecule has 0 bridgehead atoms. The van der Waals surface area contributed by atoms with Gasteiger partial charge in [-0.2, -0.15) is 5.10 Å². The summed E-state index contributed by atoms with van der Waals surface area (Å²) in [5.41, 5.74) is 0.850. The van der Waals surface area contributed by atoms with Gasteiger partial charge in [0.15, 0.2) is 5.69 Å². The number of H-pyrrole nitrogens is 1. The van der Waals surface area contributed by atoms with E-state index in [2.05, 4.69) is 15.5 Å². The second-order valence-electron chi connectivity index (χ2n) is 10.4. The molecule has 9 nitrogen and oxygen atoms in total. The number of carbonyl (C=O) groups excluding carboxylic acids is 2. The fraction of sp³-hybridized carbons (Fsp3) is 0.429. The maximum Gasteiger partial charge on any atom is 0.306 e. The number of likely N-dealkylation sites (tertiary alicyclic amines) is 1. The van der Waals surface area contributed by atoms with Crippen LogP contribution in [0.3, 0.4) is 0 Å². The number of amides is 2. The highest BCUT2D eigenvalue weighted by Gasteiger charge is 2.36. The minimum absolute atomic E-state index is 0.0205. The van der Waals surface area contributed by atoms with E-state index in [0.29, 0.717) is 36.6 Å². The van der Waals surface area contributed by atoms with Gasteiger partial charge in [0.1, 0.15) is 12.0 Å². The molecule has 3 aromatic rings. The molecule has 1 aromatic heterocycles. The van der Waals surface area contributed by atoms with Crippen molar-refractivity contribution in [1.29, 1.82) is 0 Å². The number of aliphatic carboxylic acids is 1. The molecule has 5 rings (SSSR count). The Hall–Kier alpha value is -3.57. The smallest absolute Gasteiger partial charge is 0.306 e. The molecule has 3 N–H and O–H groups in total. The molecule has 1 saturated heterocycles. The van der Waals surface area contributed by atoms with Crippen LogP contribution in [0.25, 0.3) is 10.9 Å². The Labute approximate surface area is 233 Å². The predicted molar refractivity (Wildman–Crippen MR) is 144 cm³/mol. The highest BCUT2D eigenvalue weighted by Crippen LogP contribution is 2.30. The van der Waals surface area contributed by atoms with E-state index in [-0.39, 0.29) is 60.0 Å². The topological polar surface area (TPSA) is 125 Å². The molecule has 2 heterocycles. The molecule has 1 aliphatic carbocycles. The summed E-state index contributed by atoms with van der Waals surface area (Å²) in [7, 11) is 0. The highest BCUT2D eigenvalue weighted by molar-refractivity contribution is 6.34. The normalized spacial score (nSPS) is 22.9. The molecule has 0 spiro atoms. The Kier molecular flexibility index (Phi) is 8.32. The summed E-state index contributed by atoms with van der Waals surface area (Å²) in [6.07, 6.45) is 0.665. The van der Waals surface area contributed by atoms with Crippen molar-refractivity contribution in [3.63, 3.8) is 0 Å². The molecule has 2 amide bonds. The minimum atomic E-state index is -1.22. The highest BCUT2D eigenvalue weighted by atomic mass is 35.5. The third-order valence-electron chi connectivity index (χ3n) is 7.64. The third kappa shape index (κ3) is 6.10. The second-order valence-corrected chi connectivity index (χ2v) is 10.8. The van der Waals surface area contributed by atoms with E-state index in [0.717, 1.165) is 6.07 Å². The van der Waals surface area contributed by atoms with Crippen molar-refractivity contribution in [3.8, 4) is 0 Å². The molecule has 2 aliphatic rings. The van der Waals surface area contributed by atoms with Gasteiger partial charge < -0.3 is 20.1 Å². The quantitative estimate of drug-likeness (QED) is 0.357. The Bertz CT molecular complexity index is 1420. The van der Waals surface area contributed by atoms with E-state index in [4.69, 9.17) is 21.4 Å². The number of hydrogen-bond donors (Lipinski definition) is 3. The number of benzene rings is 2. The summed E-state index contributed by atoms with van der Waals surface area (Å²) >= 11 is 6.33. The van der Waals surface area contributed by atoms with Gasteiger partial charge in [0.25, 0.3) is 5.91 Å². The number of hydrogen-bond acceptors (Lipinski definition) is 5. The number of ether oxygens (including phenoxy) is 1. The van der Waals surface area contributed by atoms with Crippen LogP contribution in [0, 0.1) is 11.7 Å². The van der Waals surface area contributed by atoms with Gasteiger partial charge in [-0.05, 0) is 49.4 Å². The Balaban J connectivity index is 1.20. The van der Waals surface area contributed by atoms with E-state index in [9.17, 15) is 18.8 Å². The number of para-hydroxylation sites is 1. The number of anilines is 1.